The number of hydrogen-bond acceptors (Lipinski definition) is 2. The first-order valence-corrected chi connectivity index (χ1v) is 6.71. The van der Waals surface area contributed by atoms with Crippen LogP contribution in [0.4, 0.5) is 0 Å². The third kappa shape index (κ3) is 3.36. The summed E-state index contributed by atoms with van der Waals surface area (Å²) in [5.74, 6) is 0.322. The molecule has 17 heavy (non-hydrogen) atoms. The van der Waals surface area contributed by atoms with Crippen LogP contribution in [-0.4, -0.2) is 11.7 Å². The summed E-state index contributed by atoms with van der Waals surface area (Å²) >= 11 is 5.91. The molecule has 0 saturated heterocycles. The molecule has 0 aromatic heterocycles. The molecule has 1 aromatic rings. The van der Waals surface area contributed by atoms with E-state index in [9.17, 15) is 5.11 Å². The molecular weight excluding hydrogens is 234 g/mol. The number of rotatable bonds is 6. The van der Waals surface area contributed by atoms with E-state index < -0.39 is 0 Å². The molecule has 1 fully saturated rings. The van der Waals surface area contributed by atoms with Crippen molar-refractivity contribution in [2.75, 3.05) is 6.54 Å². The van der Waals surface area contributed by atoms with E-state index in [0.29, 0.717) is 22.7 Å². The van der Waals surface area contributed by atoms with Crippen LogP contribution >= 0.6 is 11.6 Å². The van der Waals surface area contributed by atoms with Crippen molar-refractivity contribution in [1.82, 2.24) is 5.32 Å². The monoisotopic (exact) mass is 253 g/mol. The molecule has 0 unspecified atom stereocenters. The Balaban J connectivity index is 1.84. The zero-order valence-corrected chi connectivity index (χ0v) is 11.1. The van der Waals surface area contributed by atoms with Gasteiger partial charge in [-0.3, -0.25) is 0 Å². The Morgan fingerprint density at radius 3 is 2.82 bits per heavy atom. The molecule has 3 heteroatoms. The molecule has 1 saturated carbocycles. The smallest absolute Gasteiger partial charge is 0.120 e. The highest BCUT2D eigenvalue weighted by Gasteiger charge is 2.40. The third-order valence-corrected chi connectivity index (χ3v) is 3.83. The van der Waals surface area contributed by atoms with Crippen LogP contribution in [-0.2, 0) is 6.54 Å². The number of phenolic OH excluding ortho intramolecular Hbond substituents is 1. The number of nitrogens with one attached hydrogen (secondary N) is 1. The molecule has 0 heterocycles. The van der Waals surface area contributed by atoms with Crippen molar-refractivity contribution in [3.05, 3.63) is 28.8 Å². The molecule has 1 aliphatic carbocycles. The van der Waals surface area contributed by atoms with Crippen molar-refractivity contribution in [3.63, 3.8) is 0 Å². The van der Waals surface area contributed by atoms with Crippen molar-refractivity contribution in [2.45, 2.75) is 39.2 Å². The van der Waals surface area contributed by atoms with Gasteiger partial charge in [-0.25, -0.2) is 0 Å². The molecule has 94 valence electrons. The minimum atomic E-state index is 0.322. The molecule has 2 rings (SSSR count). The fraction of sp³-hybridized carbons (Fsp3) is 0.571. The zero-order chi connectivity index (χ0) is 12.3. The molecule has 0 radical (unpaired) electrons. The predicted molar refractivity (Wildman–Crippen MR) is 71.4 cm³/mol. The summed E-state index contributed by atoms with van der Waals surface area (Å²) in [4.78, 5) is 0. The highest BCUT2D eigenvalue weighted by atomic mass is 35.5. The van der Waals surface area contributed by atoms with Gasteiger partial charge in [0.15, 0.2) is 0 Å². The van der Waals surface area contributed by atoms with Gasteiger partial charge in [-0.05, 0) is 42.9 Å². The summed E-state index contributed by atoms with van der Waals surface area (Å²) < 4.78 is 0. The lowest BCUT2D eigenvalue weighted by Crippen LogP contribution is -2.23. The highest BCUT2D eigenvalue weighted by Crippen LogP contribution is 2.48. The lowest BCUT2D eigenvalue weighted by atomic mass is 10.0. The van der Waals surface area contributed by atoms with E-state index in [1.807, 2.05) is 6.07 Å². The van der Waals surface area contributed by atoms with Crippen LogP contribution in [0.5, 0.6) is 5.75 Å². The summed E-state index contributed by atoms with van der Waals surface area (Å²) in [5.41, 5.74) is 1.42. The number of aromatic hydroxyl groups is 1. The Morgan fingerprint density at radius 1 is 1.41 bits per heavy atom. The van der Waals surface area contributed by atoms with Crippen LogP contribution in [0.15, 0.2) is 18.2 Å². The molecule has 0 aliphatic heterocycles. The van der Waals surface area contributed by atoms with Gasteiger partial charge in [0.1, 0.15) is 5.75 Å². The number of hydrogen-bond donors (Lipinski definition) is 2. The molecular formula is C14H20ClNO. The summed E-state index contributed by atoms with van der Waals surface area (Å²) in [6, 6.07) is 5.18. The number of benzene rings is 1. The molecule has 2 N–H and O–H groups in total. The molecule has 0 bridgehead atoms. The van der Waals surface area contributed by atoms with Gasteiger partial charge in [0, 0.05) is 23.7 Å². The fourth-order valence-electron chi connectivity index (χ4n) is 2.38. The summed E-state index contributed by atoms with van der Waals surface area (Å²) in [5, 5.41) is 13.8. The Kier molecular flexibility index (Phi) is 3.95. The van der Waals surface area contributed by atoms with Gasteiger partial charge in [0.2, 0.25) is 0 Å². The van der Waals surface area contributed by atoms with E-state index in [0.717, 1.165) is 12.1 Å². The lowest BCUT2D eigenvalue weighted by Gasteiger charge is -2.15. The van der Waals surface area contributed by atoms with Gasteiger partial charge in [-0.15, -0.1) is 0 Å². The second kappa shape index (κ2) is 5.28. The van der Waals surface area contributed by atoms with Crippen molar-refractivity contribution >= 4 is 11.6 Å². The lowest BCUT2D eigenvalue weighted by molar-refractivity contribution is 0.414. The maximum Gasteiger partial charge on any atom is 0.120 e. The highest BCUT2D eigenvalue weighted by molar-refractivity contribution is 6.30. The van der Waals surface area contributed by atoms with Gasteiger partial charge in [0.05, 0.1) is 0 Å². The average Bonchev–Trinajstić information content (AvgIpc) is 3.04. The maximum atomic E-state index is 9.68. The van der Waals surface area contributed by atoms with Gasteiger partial charge >= 0.3 is 0 Å². The van der Waals surface area contributed by atoms with Crippen LogP contribution in [0.25, 0.3) is 0 Å². The van der Waals surface area contributed by atoms with E-state index in [1.54, 1.807) is 12.1 Å². The molecule has 0 atom stereocenters. The van der Waals surface area contributed by atoms with Crippen LogP contribution in [0, 0.1) is 5.41 Å². The predicted octanol–water partition coefficient (Wildman–Crippen LogP) is 3.72. The van der Waals surface area contributed by atoms with Crippen LogP contribution in [0.3, 0.4) is 0 Å². The van der Waals surface area contributed by atoms with E-state index in [2.05, 4.69) is 12.2 Å². The first-order valence-electron chi connectivity index (χ1n) is 6.33. The molecule has 1 aliphatic rings. The first kappa shape index (κ1) is 12.7. The standard InChI is InChI=1S/C14H20ClNO/c1-2-5-14(6-7-14)10-16-9-11-8-12(15)3-4-13(11)17/h3-4,8,16-17H,2,5-7,9-10H2,1H3. The van der Waals surface area contributed by atoms with Gasteiger partial charge in [-0.2, -0.15) is 0 Å². The largest absolute Gasteiger partial charge is 0.508 e. The normalized spacial score (nSPS) is 17.1. The second-order valence-electron chi connectivity index (χ2n) is 5.13. The Labute approximate surface area is 108 Å². The topological polar surface area (TPSA) is 32.3 Å². The number of phenols is 1. The van der Waals surface area contributed by atoms with Crippen molar-refractivity contribution in [3.8, 4) is 5.75 Å². The van der Waals surface area contributed by atoms with Gasteiger partial charge in [-0.1, -0.05) is 24.9 Å². The minimum Gasteiger partial charge on any atom is -0.508 e. The SMILES string of the molecule is CCCC1(CNCc2cc(Cl)ccc2O)CC1. The third-order valence-electron chi connectivity index (χ3n) is 3.59. The van der Waals surface area contributed by atoms with Crippen LogP contribution in [0.2, 0.25) is 5.02 Å². The summed E-state index contributed by atoms with van der Waals surface area (Å²) in [7, 11) is 0. The average molecular weight is 254 g/mol. The Morgan fingerprint density at radius 2 is 2.18 bits per heavy atom. The van der Waals surface area contributed by atoms with E-state index in [4.69, 9.17) is 11.6 Å². The van der Waals surface area contributed by atoms with E-state index >= 15 is 0 Å². The maximum absolute atomic E-state index is 9.68. The molecule has 2 nitrogen and oxygen atoms in total. The van der Waals surface area contributed by atoms with E-state index in [-0.39, 0.29) is 0 Å². The van der Waals surface area contributed by atoms with Crippen LogP contribution in [0.1, 0.15) is 38.2 Å². The van der Waals surface area contributed by atoms with Crippen LogP contribution < -0.4 is 5.32 Å². The molecule has 1 aromatic carbocycles. The van der Waals surface area contributed by atoms with Crippen molar-refractivity contribution in [2.24, 2.45) is 5.41 Å². The zero-order valence-electron chi connectivity index (χ0n) is 10.3. The Bertz CT molecular complexity index is 388. The van der Waals surface area contributed by atoms with E-state index in [1.165, 1.54) is 25.7 Å². The van der Waals surface area contributed by atoms with Gasteiger partial charge in [0.25, 0.3) is 0 Å². The molecule has 0 spiro atoms. The molecule has 0 amide bonds. The second-order valence-corrected chi connectivity index (χ2v) is 5.56. The number of halogens is 1. The van der Waals surface area contributed by atoms with Crippen molar-refractivity contribution in [1.29, 1.82) is 0 Å². The Hall–Kier alpha value is -0.730. The first-order chi connectivity index (χ1) is 8.15. The summed E-state index contributed by atoms with van der Waals surface area (Å²) in [6.07, 6.45) is 5.25. The minimum absolute atomic E-state index is 0.322. The quantitative estimate of drug-likeness (QED) is 0.810. The summed E-state index contributed by atoms with van der Waals surface area (Å²) in [6.45, 7) is 3.98. The fourth-order valence-corrected chi connectivity index (χ4v) is 2.57. The van der Waals surface area contributed by atoms with Gasteiger partial charge < -0.3 is 10.4 Å². The van der Waals surface area contributed by atoms with Crippen molar-refractivity contribution < 1.29 is 5.11 Å².